The second-order valence-corrected chi connectivity index (χ2v) is 5.95. The first-order valence-corrected chi connectivity index (χ1v) is 8.66. The lowest BCUT2D eigenvalue weighted by Crippen LogP contribution is -2.25. The van der Waals surface area contributed by atoms with Gasteiger partial charge in [0.25, 0.3) is 5.91 Å². The first-order valence-electron chi connectivity index (χ1n) is 8.66. The number of hydrogen-bond donors (Lipinski definition) is 1. The van der Waals surface area contributed by atoms with E-state index in [4.69, 9.17) is 14.2 Å². The maximum Gasteiger partial charge on any atom is 0.251 e. The summed E-state index contributed by atoms with van der Waals surface area (Å²) in [4.78, 5) is 16.8. The van der Waals surface area contributed by atoms with E-state index in [0.717, 1.165) is 24.0 Å². The summed E-state index contributed by atoms with van der Waals surface area (Å²) in [5.74, 6) is 1.17. The number of imidazole rings is 1. The van der Waals surface area contributed by atoms with E-state index in [0.29, 0.717) is 29.4 Å². The van der Waals surface area contributed by atoms with E-state index in [-0.39, 0.29) is 5.91 Å². The van der Waals surface area contributed by atoms with Crippen molar-refractivity contribution in [2.24, 2.45) is 0 Å². The van der Waals surface area contributed by atoms with Crippen molar-refractivity contribution < 1.29 is 19.0 Å². The van der Waals surface area contributed by atoms with Crippen molar-refractivity contribution in [3.05, 3.63) is 48.3 Å². The molecule has 1 heterocycles. The first-order chi connectivity index (χ1) is 13.2. The number of aromatic nitrogens is 2. The molecule has 142 valence electrons. The van der Waals surface area contributed by atoms with Crippen LogP contribution < -0.4 is 19.5 Å². The summed E-state index contributed by atoms with van der Waals surface area (Å²) in [6.07, 6.45) is 2.61. The molecule has 0 atom stereocenters. The highest BCUT2D eigenvalue weighted by Gasteiger charge is 2.16. The molecule has 0 spiro atoms. The Morgan fingerprint density at radius 3 is 2.44 bits per heavy atom. The molecule has 0 unspecified atom stereocenters. The summed E-state index contributed by atoms with van der Waals surface area (Å²) in [5.41, 5.74) is 2.52. The minimum atomic E-state index is -0.190. The topological polar surface area (TPSA) is 74.6 Å². The molecule has 0 fully saturated rings. The van der Waals surface area contributed by atoms with E-state index in [1.165, 1.54) is 21.3 Å². The van der Waals surface area contributed by atoms with E-state index in [2.05, 4.69) is 14.9 Å². The third-order valence-electron chi connectivity index (χ3n) is 4.32. The third kappa shape index (κ3) is 3.97. The van der Waals surface area contributed by atoms with Gasteiger partial charge in [-0.25, -0.2) is 4.98 Å². The SMILES string of the molecule is COc1cc(C(=O)NCCCn2cnc3ccccc32)cc(OC)c1OC. The molecule has 0 aliphatic carbocycles. The lowest BCUT2D eigenvalue weighted by Gasteiger charge is -2.14. The quantitative estimate of drug-likeness (QED) is 0.618. The van der Waals surface area contributed by atoms with Gasteiger partial charge in [0, 0.05) is 18.7 Å². The van der Waals surface area contributed by atoms with Crippen LogP contribution in [-0.2, 0) is 6.54 Å². The molecule has 3 rings (SSSR count). The number of rotatable bonds is 8. The van der Waals surface area contributed by atoms with Gasteiger partial charge >= 0.3 is 0 Å². The van der Waals surface area contributed by atoms with Gasteiger partial charge in [-0.3, -0.25) is 4.79 Å². The molecular weight excluding hydrogens is 346 g/mol. The average molecular weight is 369 g/mol. The number of fused-ring (bicyclic) bond motifs is 1. The van der Waals surface area contributed by atoms with Crippen molar-refractivity contribution in [3.8, 4) is 17.2 Å². The Hall–Kier alpha value is -3.22. The van der Waals surface area contributed by atoms with Crippen LogP contribution in [-0.4, -0.2) is 43.3 Å². The predicted molar refractivity (Wildman–Crippen MR) is 103 cm³/mol. The molecule has 1 aromatic heterocycles. The van der Waals surface area contributed by atoms with E-state index in [1.807, 2.05) is 30.6 Å². The van der Waals surface area contributed by atoms with Crippen LogP contribution in [0.1, 0.15) is 16.8 Å². The Morgan fingerprint density at radius 1 is 1.07 bits per heavy atom. The normalized spacial score (nSPS) is 10.6. The standard InChI is InChI=1S/C20H23N3O4/c1-25-17-11-14(12-18(26-2)19(17)27-3)20(24)21-9-6-10-23-13-22-15-7-4-5-8-16(15)23/h4-5,7-8,11-13H,6,9-10H2,1-3H3,(H,21,24). The summed E-state index contributed by atoms with van der Waals surface area (Å²) in [7, 11) is 4.57. The molecule has 1 N–H and O–H groups in total. The Balaban J connectivity index is 1.61. The molecule has 0 saturated heterocycles. The number of para-hydroxylation sites is 2. The molecule has 2 aromatic carbocycles. The summed E-state index contributed by atoms with van der Waals surface area (Å²) in [6.45, 7) is 1.32. The molecule has 0 bridgehead atoms. The van der Waals surface area contributed by atoms with Gasteiger partial charge in [-0.15, -0.1) is 0 Å². The van der Waals surface area contributed by atoms with Crippen LogP contribution in [0.15, 0.2) is 42.7 Å². The number of carbonyl (C=O) groups excluding carboxylic acids is 1. The summed E-state index contributed by atoms with van der Waals surface area (Å²) >= 11 is 0. The molecule has 7 heteroatoms. The smallest absolute Gasteiger partial charge is 0.251 e. The molecule has 7 nitrogen and oxygen atoms in total. The van der Waals surface area contributed by atoms with Gasteiger partial charge in [0.05, 0.1) is 38.7 Å². The minimum absolute atomic E-state index is 0.190. The fourth-order valence-electron chi connectivity index (χ4n) is 2.95. The zero-order valence-corrected chi connectivity index (χ0v) is 15.7. The van der Waals surface area contributed by atoms with Crippen LogP contribution in [0, 0.1) is 0 Å². The van der Waals surface area contributed by atoms with Crippen molar-refractivity contribution >= 4 is 16.9 Å². The zero-order chi connectivity index (χ0) is 19.2. The summed E-state index contributed by atoms with van der Waals surface area (Å²) in [6, 6.07) is 11.3. The van der Waals surface area contributed by atoms with Crippen LogP contribution in [0.2, 0.25) is 0 Å². The number of nitrogens with zero attached hydrogens (tertiary/aromatic N) is 2. The van der Waals surface area contributed by atoms with Crippen molar-refractivity contribution in [1.82, 2.24) is 14.9 Å². The number of hydrogen-bond acceptors (Lipinski definition) is 5. The van der Waals surface area contributed by atoms with Crippen LogP contribution in [0.4, 0.5) is 0 Å². The maximum atomic E-state index is 12.5. The average Bonchev–Trinajstić information content (AvgIpc) is 3.12. The Bertz CT molecular complexity index is 911. The van der Waals surface area contributed by atoms with Crippen LogP contribution in [0.3, 0.4) is 0 Å². The van der Waals surface area contributed by atoms with Gasteiger partial charge in [-0.2, -0.15) is 0 Å². The molecule has 0 saturated carbocycles. The second-order valence-electron chi connectivity index (χ2n) is 5.95. The number of ether oxygens (including phenoxy) is 3. The number of methoxy groups -OCH3 is 3. The number of amides is 1. The van der Waals surface area contributed by atoms with Gasteiger partial charge in [0.15, 0.2) is 11.5 Å². The monoisotopic (exact) mass is 369 g/mol. The Morgan fingerprint density at radius 2 is 1.78 bits per heavy atom. The van der Waals surface area contributed by atoms with Crippen LogP contribution >= 0.6 is 0 Å². The molecule has 0 radical (unpaired) electrons. The van der Waals surface area contributed by atoms with Crippen LogP contribution in [0.25, 0.3) is 11.0 Å². The lowest BCUT2D eigenvalue weighted by molar-refractivity contribution is 0.0952. The number of benzene rings is 2. The highest BCUT2D eigenvalue weighted by Crippen LogP contribution is 2.38. The fraction of sp³-hybridized carbons (Fsp3) is 0.300. The molecule has 0 aliphatic rings. The first kappa shape index (κ1) is 18.6. The molecule has 0 aliphatic heterocycles. The van der Waals surface area contributed by atoms with Gasteiger partial charge in [0.2, 0.25) is 5.75 Å². The number of nitrogens with one attached hydrogen (secondary N) is 1. The van der Waals surface area contributed by atoms with Crippen molar-refractivity contribution in [1.29, 1.82) is 0 Å². The highest BCUT2D eigenvalue weighted by molar-refractivity contribution is 5.95. The zero-order valence-electron chi connectivity index (χ0n) is 15.7. The predicted octanol–water partition coefficient (Wildman–Crippen LogP) is 2.88. The largest absolute Gasteiger partial charge is 0.493 e. The Labute approximate surface area is 157 Å². The van der Waals surface area contributed by atoms with Crippen molar-refractivity contribution in [2.75, 3.05) is 27.9 Å². The molecular formula is C20H23N3O4. The number of aryl methyl sites for hydroxylation is 1. The number of carbonyl (C=O) groups is 1. The molecule has 1 amide bonds. The van der Waals surface area contributed by atoms with Crippen molar-refractivity contribution in [2.45, 2.75) is 13.0 Å². The van der Waals surface area contributed by atoms with E-state index >= 15 is 0 Å². The van der Waals surface area contributed by atoms with Gasteiger partial charge in [-0.05, 0) is 30.7 Å². The van der Waals surface area contributed by atoms with Crippen LogP contribution in [0.5, 0.6) is 17.2 Å². The third-order valence-corrected chi connectivity index (χ3v) is 4.32. The fourth-order valence-corrected chi connectivity index (χ4v) is 2.95. The van der Waals surface area contributed by atoms with Gasteiger partial charge < -0.3 is 24.1 Å². The maximum absolute atomic E-state index is 12.5. The Kier molecular flexibility index (Phi) is 5.80. The minimum Gasteiger partial charge on any atom is -0.493 e. The molecule has 3 aromatic rings. The molecule has 27 heavy (non-hydrogen) atoms. The van der Waals surface area contributed by atoms with E-state index in [1.54, 1.807) is 12.1 Å². The summed E-state index contributed by atoms with van der Waals surface area (Å²) in [5, 5.41) is 2.92. The van der Waals surface area contributed by atoms with E-state index in [9.17, 15) is 4.79 Å². The second kappa shape index (κ2) is 8.44. The van der Waals surface area contributed by atoms with Gasteiger partial charge in [-0.1, -0.05) is 12.1 Å². The van der Waals surface area contributed by atoms with E-state index < -0.39 is 0 Å². The summed E-state index contributed by atoms with van der Waals surface area (Å²) < 4.78 is 17.9. The van der Waals surface area contributed by atoms with Gasteiger partial charge in [0.1, 0.15) is 0 Å². The highest BCUT2D eigenvalue weighted by atomic mass is 16.5. The lowest BCUT2D eigenvalue weighted by atomic mass is 10.1. The van der Waals surface area contributed by atoms with Crippen molar-refractivity contribution in [3.63, 3.8) is 0 Å².